The van der Waals surface area contributed by atoms with Crippen LogP contribution in [0, 0.1) is 41.5 Å². The van der Waals surface area contributed by atoms with Crippen molar-refractivity contribution in [3.05, 3.63) is 108 Å². The Bertz CT molecular complexity index is 2850. The molecule has 356 valence electrons. The third-order valence-electron chi connectivity index (χ3n) is 14.2. The topological polar surface area (TPSA) is 84.5 Å². The molecule has 0 atom stereocenters. The van der Waals surface area contributed by atoms with Gasteiger partial charge in [0, 0.05) is 101 Å². The summed E-state index contributed by atoms with van der Waals surface area (Å²) in [5.41, 5.74) is 18.2. The number of morpholine rings is 2. The number of hydrogen-bond acceptors (Lipinski definition) is 10. The fourth-order valence-corrected chi connectivity index (χ4v) is 10.9. The van der Waals surface area contributed by atoms with Gasteiger partial charge in [0.1, 0.15) is 11.5 Å². The van der Waals surface area contributed by atoms with Gasteiger partial charge in [-0.2, -0.15) is 0 Å². The maximum absolute atomic E-state index is 6.60. The summed E-state index contributed by atoms with van der Waals surface area (Å²) in [7, 11) is 3.22. The third kappa shape index (κ3) is 9.29. The van der Waals surface area contributed by atoms with E-state index in [0.29, 0.717) is 26.6 Å². The predicted octanol–water partition coefficient (Wildman–Crippen LogP) is 12.8. The van der Waals surface area contributed by atoms with Crippen LogP contribution in [0.1, 0.15) is 72.5 Å². The number of nitrogens with one attached hydrogen (secondary N) is 1. The van der Waals surface area contributed by atoms with E-state index in [0.717, 1.165) is 104 Å². The summed E-state index contributed by atoms with van der Waals surface area (Å²) in [6.45, 7) is 30.9. The van der Waals surface area contributed by atoms with Crippen molar-refractivity contribution in [1.82, 2.24) is 9.97 Å². The Hall–Kier alpha value is -4.71. The fourth-order valence-electron chi connectivity index (χ4n) is 10.1. The molecule has 0 spiro atoms. The molecule has 10 rings (SSSR count). The lowest BCUT2D eigenvalue weighted by molar-refractivity contribution is 0.122. The first-order chi connectivity index (χ1) is 31.9. The molecule has 4 aliphatic heterocycles. The highest BCUT2D eigenvalue weighted by Crippen LogP contribution is 2.51. The number of nitrogens with zero attached hydrogens (tertiary/aromatic N) is 5. The molecule has 13 heteroatoms. The average Bonchev–Trinajstić information content (AvgIpc) is 3.78. The zero-order valence-electron chi connectivity index (χ0n) is 41.2. The molecule has 0 saturated carbocycles. The number of methoxy groups -OCH3 is 2. The van der Waals surface area contributed by atoms with Gasteiger partial charge in [0.05, 0.1) is 78.1 Å². The highest BCUT2D eigenvalue weighted by atomic mass is 35.5. The first kappa shape index (κ1) is 48.7. The zero-order chi connectivity index (χ0) is 48.1. The molecule has 4 aromatic carbocycles. The summed E-state index contributed by atoms with van der Waals surface area (Å²) in [6, 6.07) is 16.8. The van der Waals surface area contributed by atoms with Gasteiger partial charge in [0.2, 0.25) is 0 Å². The van der Waals surface area contributed by atoms with E-state index in [9.17, 15) is 0 Å². The Balaban J connectivity index is 0.000000150. The Morgan fingerprint density at radius 1 is 0.582 bits per heavy atom. The molecule has 67 heavy (non-hydrogen) atoms. The summed E-state index contributed by atoms with van der Waals surface area (Å²) in [4.78, 5) is 16.7. The van der Waals surface area contributed by atoms with E-state index in [4.69, 9.17) is 58.7 Å². The summed E-state index contributed by atoms with van der Waals surface area (Å²) in [6.07, 6.45) is 0. The maximum atomic E-state index is 6.60. The number of aryl methyl sites for hydroxylation is 2. The summed E-state index contributed by atoms with van der Waals surface area (Å²) in [5.74, 6) is 1.26. The lowest BCUT2D eigenvalue weighted by Crippen LogP contribution is -2.36. The lowest BCUT2D eigenvalue weighted by Gasteiger charge is -2.32. The van der Waals surface area contributed by atoms with Gasteiger partial charge in [0.25, 0.3) is 0 Å². The number of pyridine rings is 2. The number of aromatic nitrogens is 2. The van der Waals surface area contributed by atoms with Crippen molar-refractivity contribution in [3.8, 4) is 11.5 Å². The van der Waals surface area contributed by atoms with Gasteiger partial charge in [-0.05, 0) is 99.2 Å². The van der Waals surface area contributed by atoms with E-state index in [1.807, 2.05) is 26.0 Å². The van der Waals surface area contributed by atoms with Crippen LogP contribution >= 0.6 is 34.8 Å². The quantitative estimate of drug-likeness (QED) is 0.180. The molecule has 0 bridgehead atoms. The Morgan fingerprint density at radius 2 is 1.07 bits per heavy atom. The van der Waals surface area contributed by atoms with Gasteiger partial charge in [0.15, 0.2) is 0 Å². The second-order valence-corrected chi connectivity index (χ2v) is 20.7. The molecule has 0 radical (unpaired) electrons. The van der Waals surface area contributed by atoms with Crippen molar-refractivity contribution in [2.75, 3.05) is 99.9 Å². The molecular formula is C54H65Cl3N6O4. The van der Waals surface area contributed by atoms with Crippen LogP contribution < -0.4 is 29.5 Å². The minimum atomic E-state index is 0.0236. The molecule has 0 aliphatic carbocycles. The van der Waals surface area contributed by atoms with E-state index < -0.39 is 0 Å². The van der Waals surface area contributed by atoms with E-state index in [2.05, 4.69) is 105 Å². The fraction of sp³-hybridized carbons (Fsp3) is 0.444. The second-order valence-electron chi connectivity index (χ2n) is 19.5. The highest BCUT2D eigenvalue weighted by molar-refractivity contribution is 6.38. The van der Waals surface area contributed by atoms with Crippen LogP contribution in [0.25, 0.3) is 21.8 Å². The first-order valence-electron chi connectivity index (χ1n) is 23.3. The van der Waals surface area contributed by atoms with Gasteiger partial charge in [-0.15, -0.1) is 0 Å². The van der Waals surface area contributed by atoms with Crippen LogP contribution in [-0.4, -0.2) is 89.9 Å². The van der Waals surface area contributed by atoms with Crippen molar-refractivity contribution in [2.24, 2.45) is 0 Å². The largest absolute Gasteiger partial charge is 0.495 e. The molecule has 6 heterocycles. The predicted molar refractivity (Wildman–Crippen MR) is 281 cm³/mol. The van der Waals surface area contributed by atoms with Gasteiger partial charge < -0.3 is 39.0 Å². The van der Waals surface area contributed by atoms with Gasteiger partial charge in [-0.25, -0.2) is 0 Å². The maximum Gasteiger partial charge on any atom is 0.139 e. The van der Waals surface area contributed by atoms with Crippen molar-refractivity contribution in [1.29, 1.82) is 0 Å². The van der Waals surface area contributed by atoms with Crippen LogP contribution in [0.5, 0.6) is 11.5 Å². The third-order valence-corrected chi connectivity index (χ3v) is 15.3. The number of halogens is 3. The molecule has 0 unspecified atom stereocenters. The smallest absolute Gasteiger partial charge is 0.139 e. The molecule has 6 aromatic rings. The standard InChI is InChI=1S/C27H32ClN3O2.C15H22N2O.C12H11Cl2NO/c1-16-18(3)29-22-14-24(32-6)21(28)13-19(22)25(16)31-15-27(4,5)20-7-8-23(17(2)26(20)31)30-9-11-33-12-10-30;1-11-13(17-6-8-18-9-7-17)5-4-12-14(11)16-10-15(12,2)3;1-6-7(2)15-10-5-11(16-3)9(13)4-8(10)12(6)14/h7-8,13-14H,9-12,15H2,1-6H3;4-5,16H,6-10H2,1-3H3;4-5H,1-3H3. The molecule has 1 N–H and O–H groups in total. The van der Waals surface area contributed by atoms with Crippen LogP contribution in [0.2, 0.25) is 15.1 Å². The van der Waals surface area contributed by atoms with Crippen LogP contribution in [0.4, 0.5) is 28.4 Å². The van der Waals surface area contributed by atoms with Crippen LogP contribution in [0.15, 0.2) is 48.5 Å². The molecule has 2 saturated heterocycles. The molecule has 0 amide bonds. The Morgan fingerprint density at radius 3 is 1.63 bits per heavy atom. The van der Waals surface area contributed by atoms with Crippen molar-refractivity contribution in [3.63, 3.8) is 0 Å². The second kappa shape index (κ2) is 19.4. The van der Waals surface area contributed by atoms with Crippen LogP contribution in [0.3, 0.4) is 0 Å². The minimum Gasteiger partial charge on any atom is -0.495 e. The average molecular weight is 969 g/mol. The molecule has 2 fully saturated rings. The van der Waals surface area contributed by atoms with E-state index in [1.54, 1.807) is 26.4 Å². The number of benzene rings is 4. The normalized spacial score (nSPS) is 17.0. The number of rotatable bonds is 5. The summed E-state index contributed by atoms with van der Waals surface area (Å²) in [5, 5.41) is 7.35. The SMILES string of the molecule is COc1cc2nc(C)c(C)c(Cl)c2cc1Cl.COc1cc2nc(C)c(C)c(N3CC(C)(C)c4ccc(N5CCOCC5)c(C)c43)c2cc1Cl.Cc1c(N2CCOCC2)ccc2c1NCC2(C)C. The van der Waals surface area contributed by atoms with Crippen LogP contribution in [-0.2, 0) is 20.3 Å². The summed E-state index contributed by atoms with van der Waals surface area (Å²) < 4.78 is 21.7. The van der Waals surface area contributed by atoms with Gasteiger partial charge in [-0.1, -0.05) is 74.6 Å². The Labute approximate surface area is 411 Å². The number of fused-ring (bicyclic) bond motifs is 4. The van der Waals surface area contributed by atoms with Gasteiger partial charge >= 0.3 is 0 Å². The zero-order valence-corrected chi connectivity index (χ0v) is 43.5. The minimum absolute atomic E-state index is 0.0236. The highest BCUT2D eigenvalue weighted by Gasteiger charge is 2.39. The lowest BCUT2D eigenvalue weighted by atomic mass is 9.86. The molecule has 4 aliphatic rings. The number of anilines is 5. The molecular weight excluding hydrogens is 903 g/mol. The Kier molecular flexibility index (Phi) is 14.1. The first-order valence-corrected chi connectivity index (χ1v) is 24.4. The number of hydrogen-bond donors (Lipinski definition) is 1. The number of ether oxygens (including phenoxy) is 4. The van der Waals surface area contributed by atoms with Crippen molar-refractivity contribution >= 4 is 85.0 Å². The van der Waals surface area contributed by atoms with E-state index >= 15 is 0 Å². The van der Waals surface area contributed by atoms with Crippen molar-refractivity contribution in [2.45, 2.75) is 80.1 Å². The monoisotopic (exact) mass is 966 g/mol. The van der Waals surface area contributed by atoms with E-state index in [1.165, 1.54) is 56.3 Å². The van der Waals surface area contributed by atoms with Gasteiger partial charge in [-0.3, -0.25) is 9.97 Å². The van der Waals surface area contributed by atoms with E-state index in [-0.39, 0.29) is 10.8 Å². The summed E-state index contributed by atoms with van der Waals surface area (Å²) >= 11 is 18.9. The molecule has 10 nitrogen and oxygen atoms in total. The van der Waals surface area contributed by atoms with Crippen molar-refractivity contribution < 1.29 is 18.9 Å². The molecule has 2 aromatic heterocycles.